The molecule has 0 rings (SSSR count). The van der Waals surface area contributed by atoms with E-state index in [0.29, 0.717) is 12.7 Å². The molecule has 1 amide bonds. The second-order valence-corrected chi connectivity index (χ2v) is 4.79. The summed E-state index contributed by atoms with van der Waals surface area (Å²) in [6, 6.07) is -1.17. The van der Waals surface area contributed by atoms with E-state index in [2.05, 4.69) is 0 Å². The van der Waals surface area contributed by atoms with Gasteiger partial charge in [0.2, 0.25) is 11.4 Å². The fraction of sp³-hybridized carbons (Fsp3) is 0.778. The molecule has 0 bridgehead atoms. The summed E-state index contributed by atoms with van der Waals surface area (Å²) in [7, 11) is 0. The minimum absolute atomic E-state index is 0.167. The maximum absolute atomic E-state index is 12.6. The molecule has 106 valence electrons. The summed E-state index contributed by atoms with van der Waals surface area (Å²) in [6.45, 7) is 0.383. The van der Waals surface area contributed by atoms with Crippen LogP contribution in [0.15, 0.2) is 0 Å². The second-order valence-electron chi connectivity index (χ2n) is 3.81. The lowest BCUT2D eigenvalue weighted by Crippen LogP contribution is -2.64. The number of amides is 1. The Morgan fingerprint density at radius 1 is 1.44 bits per heavy atom. The third kappa shape index (κ3) is 4.05. The van der Waals surface area contributed by atoms with Crippen LogP contribution in [0.25, 0.3) is 0 Å². The molecule has 0 aromatic rings. The number of carbonyl (C=O) groups is 2. The van der Waals surface area contributed by atoms with Crippen LogP contribution in [0.4, 0.5) is 13.2 Å². The van der Waals surface area contributed by atoms with Crippen LogP contribution in [-0.4, -0.2) is 46.7 Å². The summed E-state index contributed by atoms with van der Waals surface area (Å²) in [6.07, 6.45) is -3.18. The van der Waals surface area contributed by atoms with Crippen molar-refractivity contribution in [3.8, 4) is 0 Å². The predicted molar refractivity (Wildman–Crippen MR) is 61.2 cm³/mol. The number of nitrogens with one attached hydrogen (secondary N) is 1. The summed E-state index contributed by atoms with van der Waals surface area (Å²) < 4.78 is 37.8. The molecular weight excluding hydrogens is 273 g/mol. The van der Waals surface area contributed by atoms with E-state index in [9.17, 15) is 22.8 Å². The first-order valence-corrected chi connectivity index (χ1v) is 6.32. The van der Waals surface area contributed by atoms with Crippen LogP contribution >= 0.6 is 11.8 Å². The van der Waals surface area contributed by atoms with E-state index in [1.54, 1.807) is 6.26 Å². The highest BCUT2D eigenvalue weighted by Crippen LogP contribution is 2.30. The number of hydrogen-bond acceptors (Lipinski definition) is 4. The molecular formula is C9H15F3N2O3S. The lowest BCUT2D eigenvalue weighted by atomic mass is 10.0. The van der Waals surface area contributed by atoms with Crippen LogP contribution in [0.3, 0.4) is 0 Å². The molecule has 0 heterocycles. The minimum Gasteiger partial charge on any atom is -0.479 e. The van der Waals surface area contributed by atoms with Crippen molar-refractivity contribution in [1.29, 1.82) is 0 Å². The zero-order valence-electron chi connectivity index (χ0n) is 9.87. The summed E-state index contributed by atoms with van der Waals surface area (Å²) >= 11 is 1.38. The maximum Gasteiger partial charge on any atom is 0.422 e. The van der Waals surface area contributed by atoms with Gasteiger partial charge in [-0.3, -0.25) is 4.79 Å². The largest absolute Gasteiger partial charge is 0.479 e. The van der Waals surface area contributed by atoms with Crippen molar-refractivity contribution in [3.05, 3.63) is 0 Å². The molecule has 4 N–H and O–H groups in total. The van der Waals surface area contributed by atoms with Gasteiger partial charge in [-0.25, -0.2) is 4.79 Å². The fourth-order valence-corrected chi connectivity index (χ4v) is 1.45. The Bertz CT molecular complexity index is 325. The number of hydrogen-bond donors (Lipinski definition) is 3. The van der Waals surface area contributed by atoms with Crippen molar-refractivity contribution in [2.75, 3.05) is 12.0 Å². The average molecular weight is 288 g/mol. The quantitative estimate of drug-likeness (QED) is 0.665. The first-order chi connectivity index (χ1) is 8.06. The Hall–Kier alpha value is -0.960. The van der Waals surface area contributed by atoms with Crippen LogP contribution in [0.5, 0.6) is 0 Å². The number of carboxylic acid groups (broad SMARTS) is 1. The van der Waals surface area contributed by atoms with Crippen LogP contribution in [0.1, 0.15) is 13.3 Å². The molecule has 0 aromatic heterocycles. The Kier molecular flexibility index (Phi) is 5.94. The number of alkyl halides is 3. The van der Waals surface area contributed by atoms with Gasteiger partial charge in [0, 0.05) is 0 Å². The van der Waals surface area contributed by atoms with Gasteiger partial charge in [-0.1, -0.05) is 0 Å². The van der Waals surface area contributed by atoms with Gasteiger partial charge < -0.3 is 16.2 Å². The predicted octanol–water partition coefficient (Wildman–Crippen LogP) is 0.589. The van der Waals surface area contributed by atoms with Gasteiger partial charge in [0.1, 0.15) is 0 Å². The van der Waals surface area contributed by atoms with Crippen molar-refractivity contribution in [3.63, 3.8) is 0 Å². The normalized spacial score (nSPS) is 16.8. The zero-order valence-corrected chi connectivity index (χ0v) is 10.7. The highest BCUT2D eigenvalue weighted by Gasteiger charge is 2.58. The minimum atomic E-state index is -5.10. The fourth-order valence-electron chi connectivity index (χ4n) is 0.961. The third-order valence-corrected chi connectivity index (χ3v) is 2.98. The van der Waals surface area contributed by atoms with Crippen LogP contribution < -0.4 is 11.1 Å². The Morgan fingerprint density at radius 2 is 1.94 bits per heavy atom. The maximum atomic E-state index is 12.6. The number of carbonyl (C=O) groups excluding carboxylic acids is 1. The summed E-state index contributed by atoms with van der Waals surface area (Å²) in [4.78, 5) is 22.1. The van der Waals surface area contributed by atoms with Crippen molar-refractivity contribution in [2.45, 2.75) is 31.1 Å². The number of carboxylic acids is 1. The Morgan fingerprint density at radius 3 is 2.28 bits per heavy atom. The summed E-state index contributed by atoms with van der Waals surface area (Å²) in [5.74, 6) is -2.82. The van der Waals surface area contributed by atoms with E-state index in [4.69, 9.17) is 10.8 Å². The monoisotopic (exact) mass is 288 g/mol. The molecule has 0 aliphatic carbocycles. The molecule has 0 fully saturated rings. The summed E-state index contributed by atoms with van der Waals surface area (Å²) in [5, 5.41) is 10.0. The Labute approximate surface area is 106 Å². The van der Waals surface area contributed by atoms with Crippen LogP contribution in [0, 0.1) is 0 Å². The molecule has 0 spiro atoms. The van der Waals surface area contributed by atoms with Gasteiger partial charge >= 0.3 is 12.1 Å². The number of aliphatic carboxylic acids is 1. The number of thioether (sulfide) groups is 1. The number of halogens is 3. The van der Waals surface area contributed by atoms with Crippen molar-refractivity contribution < 1.29 is 27.9 Å². The molecule has 0 aliphatic heterocycles. The lowest BCUT2D eigenvalue weighted by Gasteiger charge is -2.29. The first-order valence-electron chi connectivity index (χ1n) is 4.93. The third-order valence-electron chi connectivity index (χ3n) is 2.34. The molecule has 2 atom stereocenters. The first kappa shape index (κ1) is 17.0. The SMILES string of the molecule is CSCC[C@@H](N)C(=O)NC(C)(C(=O)O)C(F)(F)F. The smallest absolute Gasteiger partial charge is 0.422 e. The topological polar surface area (TPSA) is 92.4 Å². The molecule has 0 aliphatic rings. The van der Waals surface area contributed by atoms with E-state index in [0.717, 1.165) is 0 Å². The van der Waals surface area contributed by atoms with E-state index in [1.165, 1.54) is 17.1 Å². The van der Waals surface area contributed by atoms with Gasteiger partial charge in [0.05, 0.1) is 6.04 Å². The molecule has 18 heavy (non-hydrogen) atoms. The van der Waals surface area contributed by atoms with E-state index in [-0.39, 0.29) is 6.42 Å². The van der Waals surface area contributed by atoms with E-state index in [1.807, 2.05) is 0 Å². The van der Waals surface area contributed by atoms with Crippen molar-refractivity contribution in [2.24, 2.45) is 5.73 Å². The molecule has 0 radical (unpaired) electrons. The van der Waals surface area contributed by atoms with Crippen LogP contribution in [0.2, 0.25) is 0 Å². The highest BCUT2D eigenvalue weighted by atomic mass is 32.2. The van der Waals surface area contributed by atoms with E-state index < -0.39 is 29.6 Å². The van der Waals surface area contributed by atoms with Gasteiger partial charge in [0.25, 0.3) is 0 Å². The van der Waals surface area contributed by atoms with Crippen LogP contribution in [-0.2, 0) is 9.59 Å². The molecule has 5 nitrogen and oxygen atoms in total. The molecule has 1 unspecified atom stereocenters. The zero-order chi connectivity index (χ0) is 14.6. The lowest BCUT2D eigenvalue weighted by molar-refractivity contribution is -0.207. The van der Waals surface area contributed by atoms with Gasteiger partial charge in [-0.05, 0) is 25.4 Å². The average Bonchev–Trinajstić information content (AvgIpc) is 2.23. The second kappa shape index (κ2) is 6.28. The highest BCUT2D eigenvalue weighted by molar-refractivity contribution is 7.98. The Balaban J connectivity index is 4.82. The van der Waals surface area contributed by atoms with Gasteiger partial charge in [-0.15, -0.1) is 0 Å². The number of rotatable bonds is 6. The number of nitrogens with two attached hydrogens (primary N) is 1. The van der Waals surface area contributed by atoms with Crippen molar-refractivity contribution >= 4 is 23.6 Å². The van der Waals surface area contributed by atoms with Gasteiger partial charge in [-0.2, -0.15) is 24.9 Å². The van der Waals surface area contributed by atoms with E-state index >= 15 is 0 Å². The van der Waals surface area contributed by atoms with Gasteiger partial charge in [0.15, 0.2) is 0 Å². The van der Waals surface area contributed by atoms with Crippen molar-refractivity contribution in [1.82, 2.24) is 5.32 Å². The standard InChI is InChI=1S/C9H15F3N2O3S/c1-8(7(16)17,9(10,11)12)14-6(15)5(13)3-4-18-2/h5H,3-4,13H2,1-2H3,(H,14,15)(H,16,17)/t5-,8?/m1/s1. The molecule has 9 heteroatoms. The molecule has 0 saturated heterocycles. The summed E-state index contributed by atoms with van der Waals surface area (Å²) in [5.41, 5.74) is 2.04. The molecule has 0 aromatic carbocycles. The molecule has 0 saturated carbocycles.